The number of rotatable bonds is 3. The molecule has 4 aliphatic heterocycles. The van der Waals surface area contributed by atoms with E-state index in [0.717, 1.165) is 19.3 Å². The van der Waals surface area contributed by atoms with E-state index in [2.05, 4.69) is 6.08 Å². The second-order valence-corrected chi connectivity index (χ2v) is 10.7. The van der Waals surface area contributed by atoms with Crippen LogP contribution in [-0.2, 0) is 19.1 Å². The van der Waals surface area contributed by atoms with Crippen LogP contribution in [0.4, 0.5) is 0 Å². The summed E-state index contributed by atoms with van der Waals surface area (Å²) >= 11 is 1.54. The van der Waals surface area contributed by atoms with Crippen molar-refractivity contribution in [3.05, 3.63) is 24.3 Å². The van der Waals surface area contributed by atoms with E-state index < -0.39 is 28.7 Å². The number of likely N-dealkylation sites (tertiary alicyclic amines) is 1. The van der Waals surface area contributed by atoms with Crippen molar-refractivity contribution in [2.75, 3.05) is 19.8 Å². The van der Waals surface area contributed by atoms with Crippen molar-refractivity contribution in [3.63, 3.8) is 0 Å². The van der Waals surface area contributed by atoms with Crippen LogP contribution in [0.5, 0.6) is 0 Å². The third-order valence-corrected chi connectivity index (χ3v) is 8.68. The lowest BCUT2D eigenvalue weighted by atomic mass is 9.78. The molecule has 1 N–H and O–H groups in total. The van der Waals surface area contributed by atoms with Crippen molar-refractivity contribution in [2.45, 2.75) is 68.2 Å². The van der Waals surface area contributed by atoms with Gasteiger partial charge in [-0.05, 0) is 40.0 Å². The number of hydrogen-bond donors (Lipinski definition) is 1. The maximum absolute atomic E-state index is 13.8. The van der Waals surface area contributed by atoms with Crippen LogP contribution in [0.25, 0.3) is 0 Å². The number of fused-ring (bicyclic) bond motifs is 2. The summed E-state index contributed by atoms with van der Waals surface area (Å²) in [4.78, 5) is 44.0. The molecular formula is C23H32N2O5S. The van der Waals surface area contributed by atoms with Crippen molar-refractivity contribution in [2.24, 2.45) is 11.8 Å². The number of aliphatic hydroxyl groups is 1. The topological polar surface area (TPSA) is 87.2 Å². The summed E-state index contributed by atoms with van der Waals surface area (Å²) in [5.74, 6) is -2.05. The zero-order chi connectivity index (χ0) is 22.3. The molecule has 1 spiro atoms. The van der Waals surface area contributed by atoms with Gasteiger partial charge in [0.15, 0.2) is 0 Å². The number of allylic oxidation sites excluding steroid dienone is 1. The number of aliphatic hydroxyl groups excluding tert-OH is 1. The number of thioether (sulfide) groups is 1. The van der Waals surface area contributed by atoms with Gasteiger partial charge in [0, 0.05) is 17.8 Å². The van der Waals surface area contributed by atoms with Gasteiger partial charge in [-0.1, -0.05) is 24.3 Å². The van der Waals surface area contributed by atoms with Crippen LogP contribution in [0, 0.1) is 11.8 Å². The van der Waals surface area contributed by atoms with Crippen LogP contribution in [0.15, 0.2) is 24.3 Å². The summed E-state index contributed by atoms with van der Waals surface area (Å²) in [7, 11) is 0. The first-order chi connectivity index (χ1) is 14.8. The number of hydrogen-bond acceptors (Lipinski definition) is 6. The van der Waals surface area contributed by atoms with Crippen LogP contribution >= 0.6 is 11.8 Å². The molecule has 0 aliphatic carbocycles. The predicted molar refractivity (Wildman–Crippen MR) is 118 cm³/mol. The van der Waals surface area contributed by atoms with E-state index in [1.54, 1.807) is 11.8 Å². The molecule has 0 bridgehead atoms. The van der Waals surface area contributed by atoms with Gasteiger partial charge in [0.1, 0.15) is 6.04 Å². The van der Waals surface area contributed by atoms with Gasteiger partial charge in [0.05, 0.1) is 35.8 Å². The molecule has 4 rings (SSSR count). The highest BCUT2D eigenvalue weighted by molar-refractivity contribution is 8.02. The summed E-state index contributed by atoms with van der Waals surface area (Å²) in [6.07, 6.45) is 10.7. The number of amides is 2. The monoisotopic (exact) mass is 448 g/mol. The average molecular weight is 449 g/mol. The number of cyclic esters (lactones) is 1. The molecule has 0 saturated carbocycles. The fourth-order valence-corrected chi connectivity index (χ4v) is 7.39. The third-order valence-electron chi connectivity index (χ3n) is 6.93. The smallest absolute Gasteiger partial charge is 0.311 e. The number of carbonyl (C=O) groups is 3. The minimum absolute atomic E-state index is 0.0234. The van der Waals surface area contributed by atoms with Gasteiger partial charge in [-0.25, -0.2) is 0 Å². The largest absolute Gasteiger partial charge is 0.465 e. The first-order valence-corrected chi connectivity index (χ1v) is 12.1. The van der Waals surface area contributed by atoms with Crippen LogP contribution in [0.2, 0.25) is 0 Å². The summed E-state index contributed by atoms with van der Waals surface area (Å²) in [6, 6.07) is -1.29. The fraction of sp³-hybridized carbons (Fsp3) is 0.696. The Morgan fingerprint density at radius 3 is 2.68 bits per heavy atom. The molecule has 0 aromatic heterocycles. The predicted octanol–water partition coefficient (Wildman–Crippen LogP) is 1.75. The molecule has 2 fully saturated rings. The van der Waals surface area contributed by atoms with Gasteiger partial charge in [-0.15, -0.1) is 11.8 Å². The Balaban J connectivity index is 1.84. The van der Waals surface area contributed by atoms with E-state index >= 15 is 0 Å². The highest BCUT2D eigenvalue weighted by Crippen LogP contribution is 2.61. The normalized spacial score (nSPS) is 37.8. The van der Waals surface area contributed by atoms with Gasteiger partial charge in [-0.3, -0.25) is 14.4 Å². The van der Waals surface area contributed by atoms with Gasteiger partial charge in [0.25, 0.3) is 0 Å². The van der Waals surface area contributed by atoms with Crippen molar-refractivity contribution in [3.8, 4) is 0 Å². The molecular weight excluding hydrogens is 416 g/mol. The molecule has 4 aliphatic rings. The minimum Gasteiger partial charge on any atom is -0.465 e. The molecule has 0 aromatic carbocycles. The maximum atomic E-state index is 13.8. The first-order valence-electron chi connectivity index (χ1n) is 11.3. The number of carbonyl (C=O) groups excluding carboxylic acids is 3. The lowest BCUT2D eigenvalue weighted by Gasteiger charge is -2.38. The summed E-state index contributed by atoms with van der Waals surface area (Å²) in [5, 5.41) is 9.66. The first kappa shape index (κ1) is 22.4. The molecule has 31 heavy (non-hydrogen) atoms. The molecule has 2 amide bonds. The van der Waals surface area contributed by atoms with Crippen LogP contribution in [0.1, 0.15) is 40.0 Å². The minimum atomic E-state index is -0.853. The second-order valence-electron chi connectivity index (χ2n) is 9.20. The van der Waals surface area contributed by atoms with E-state index in [0.29, 0.717) is 13.2 Å². The summed E-state index contributed by atoms with van der Waals surface area (Å²) < 4.78 is 4.73. The van der Waals surface area contributed by atoms with Gasteiger partial charge in [-0.2, -0.15) is 0 Å². The Hall–Kier alpha value is -1.80. The Morgan fingerprint density at radius 2 is 1.97 bits per heavy atom. The molecule has 0 radical (unpaired) electrons. The molecule has 4 heterocycles. The quantitative estimate of drug-likeness (QED) is 0.523. The lowest BCUT2D eigenvalue weighted by molar-refractivity contribution is -0.153. The van der Waals surface area contributed by atoms with E-state index in [-0.39, 0.29) is 35.7 Å². The molecule has 2 saturated heterocycles. The van der Waals surface area contributed by atoms with Gasteiger partial charge < -0.3 is 19.6 Å². The van der Waals surface area contributed by atoms with E-state index in [1.807, 2.05) is 32.1 Å². The molecule has 7 nitrogen and oxygen atoms in total. The molecule has 8 heteroatoms. The average Bonchev–Trinajstić information content (AvgIpc) is 3.13. The highest BCUT2D eigenvalue weighted by Gasteiger charge is 2.71. The summed E-state index contributed by atoms with van der Waals surface area (Å²) in [5.41, 5.74) is 0. The van der Waals surface area contributed by atoms with Gasteiger partial charge >= 0.3 is 5.97 Å². The molecule has 1 unspecified atom stereocenters. The van der Waals surface area contributed by atoms with E-state index in [1.165, 1.54) is 16.7 Å². The Labute approximate surface area is 187 Å². The third kappa shape index (κ3) is 3.52. The summed E-state index contributed by atoms with van der Waals surface area (Å²) in [6.45, 7) is 6.24. The second kappa shape index (κ2) is 8.62. The SMILES string of the molecule is CC(C)N1CC=C[C@]23S[C@H]4/C=C\CCCCOC(=O)[C@H]4[C@H]2C(=O)N([C@H](C)CO)C3C1=O. The fourth-order valence-electron chi connectivity index (χ4n) is 5.40. The van der Waals surface area contributed by atoms with Crippen LogP contribution in [-0.4, -0.2) is 80.6 Å². The zero-order valence-electron chi connectivity index (χ0n) is 18.4. The van der Waals surface area contributed by atoms with E-state index in [4.69, 9.17) is 4.74 Å². The maximum Gasteiger partial charge on any atom is 0.311 e. The molecule has 6 atom stereocenters. The van der Waals surface area contributed by atoms with Crippen LogP contribution in [0.3, 0.4) is 0 Å². The van der Waals surface area contributed by atoms with Crippen molar-refractivity contribution < 1.29 is 24.2 Å². The van der Waals surface area contributed by atoms with Crippen LogP contribution < -0.4 is 0 Å². The van der Waals surface area contributed by atoms with E-state index in [9.17, 15) is 19.5 Å². The Kier molecular flexibility index (Phi) is 6.23. The molecule has 0 aromatic rings. The van der Waals surface area contributed by atoms with Crippen molar-refractivity contribution in [1.29, 1.82) is 0 Å². The zero-order valence-corrected chi connectivity index (χ0v) is 19.2. The lowest BCUT2D eigenvalue weighted by Crippen LogP contribution is -2.57. The van der Waals surface area contributed by atoms with Gasteiger partial charge in [0.2, 0.25) is 11.8 Å². The van der Waals surface area contributed by atoms with Crippen molar-refractivity contribution >= 4 is 29.5 Å². The number of nitrogens with zero attached hydrogens (tertiary/aromatic N) is 2. The number of esters is 1. The Bertz CT molecular complexity index is 812. The molecule has 170 valence electrons. The highest BCUT2D eigenvalue weighted by atomic mass is 32.2. The van der Waals surface area contributed by atoms with Crippen molar-refractivity contribution in [1.82, 2.24) is 9.80 Å². The standard InChI is InChI=1S/C23H32N2O5S/c1-14(2)24-11-8-10-23-18(20(27)25(15(3)13-26)19(23)21(24)28)17-16(31-23)9-6-4-5-7-12-30-22(17)29/h6,8-10,14-19,26H,4-5,7,11-13H2,1-3H3/b9-6-/t15-,16+,17-,18+,19?,23+/m1/s1. The number of ether oxygens (including phenoxy) is 1. The Morgan fingerprint density at radius 1 is 1.19 bits per heavy atom.